The first kappa shape index (κ1) is 9.26. The minimum Gasteiger partial charge on any atom is -0.354 e. The van der Waals surface area contributed by atoms with Gasteiger partial charge in [0.1, 0.15) is 0 Å². The van der Waals surface area contributed by atoms with Gasteiger partial charge in [0, 0.05) is 19.6 Å². The van der Waals surface area contributed by atoms with Crippen LogP contribution < -0.4 is 5.32 Å². The lowest BCUT2D eigenvalue weighted by Crippen LogP contribution is -2.47. The van der Waals surface area contributed by atoms with E-state index in [9.17, 15) is 4.79 Å². The summed E-state index contributed by atoms with van der Waals surface area (Å²) >= 11 is 0. The average Bonchev–Trinajstić information content (AvgIpc) is 2.01. The molecule has 1 fully saturated rings. The maximum absolute atomic E-state index is 10.9. The maximum Gasteiger partial charge on any atom is 0.234 e. The number of hydrogen-bond donors (Lipinski definition) is 1. The van der Waals surface area contributed by atoms with Crippen LogP contribution in [0.4, 0.5) is 0 Å². The molecule has 1 aliphatic rings. The summed E-state index contributed by atoms with van der Waals surface area (Å²) in [5.41, 5.74) is 1.31. The van der Waals surface area contributed by atoms with Crippen LogP contribution in [0.1, 0.15) is 13.8 Å². The number of carbonyl (C=O) groups is 1. The summed E-state index contributed by atoms with van der Waals surface area (Å²) in [6, 6.07) is 0. The Hall–Kier alpha value is -0.830. The predicted octanol–water partition coefficient (Wildman–Crippen LogP) is 0.384. The average molecular weight is 168 g/mol. The van der Waals surface area contributed by atoms with Crippen LogP contribution in [0, 0.1) is 0 Å². The van der Waals surface area contributed by atoms with Crippen LogP contribution >= 0.6 is 0 Å². The molecule has 1 rings (SSSR count). The lowest BCUT2D eigenvalue weighted by molar-refractivity contribution is -0.123. The Kier molecular flexibility index (Phi) is 3.29. The summed E-state index contributed by atoms with van der Waals surface area (Å²) in [6.45, 7) is 7.35. The van der Waals surface area contributed by atoms with E-state index in [1.807, 2.05) is 0 Å². The molecule has 3 nitrogen and oxygen atoms in total. The molecule has 0 aromatic heterocycles. The molecule has 1 amide bonds. The minimum atomic E-state index is 0.142. The minimum absolute atomic E-state index is 0.142. The van der Waals surface area contributed by atoms with E-state index < -0.39 is 0 Å². The van der Waals surface area contributed by atoms with E-state index in [2.05, 4.69) is 30.1 Å². The monoisotopic (exact) mass is 168 g/mol. The molecule has 1 heterocycles. The zero-order valence-electron chi connectivity index (χ0n) is 7.76. The van der Waals surface area contributed by atoms with E-state index in [4.69, 9.17) is 0 Å². The van der Waals surface area contributed by atoms with E-state index >= 15 is 0 Å². The summed E-state index contributed by atoms with van der Waals surface area (Å²) in [6.07, 6.45) is 2.15. The number of allylic oxidation sites excluding steroid dienone is 1. The van der Waals surface area contributed by atoms with Crippen molar-refractivity contribution in [2.45, 2.75) is 13.8 Å². The molecule has 0 aromatic carbocycles. The van der Waals surface area contributed by atoms with E-state index in [1.54, 1.807) is 0 Å². The molecule has 0 bridgehead atoms. The van der Waals surface area contributed by atoms with Crippen LogP contribution in [-0.4, -0.2) is 37.0 Å². The van der Waals surface area contributed by atoms with Crippen LogP contribution in [0.3, 0.4) is 0 Å². The largest absolute Gasteiger partial charge is 0.354 e. The van der Waals surface area contributed by atoms with Gasteiger partial charge in [-0.3, -0.25) is 9.69 Å². The molecule has 0 spiro atoms. The highest BCUT2D eigenvalue weighted by atomic mass is 16.2. The Morgan fingerprint density at radius 1 is 1.67 bits per heavy atom. The van der Waals surface area contributed by atoms with E-state index in [0.29, 0.717) is 6.54 Å². The van der Waals surface area contributed by atoms with Crippen molar-refractivity contribution in [2.75, 3.05) is 26.2 Å². The van der Waals surface area contributed by atoms with Crippen LogP contribution in [0.25, 0.3) is 0 Å². The van der Waals surface area contributed by atoms with Gasteiger partial charge in [0.25, 0.3) is 0 Å². The van der Waals surface area contributed by atoms with Crippen molar-refractivity contribution in [3.63, 3.8) is 0 Å². The van der Waals surface area contributed by atoms with Crippen molar-refractivity contribution < 1.29 is 4.79 Å². The molecule has 68 valence electrons. The summed E-state index contributed by atoms with van der Waals surface area (Å²) in [5, 5.41) is 2.80. The molecule has 0 saturated carbocycles. The second-order valence-corrected chi connectivity index (χ2v) is 3.37. The fourth-order valence-corrected chi connectivity index (χ4v) is 1.16. The Labute approximate surface area is 73.4 Å². The van der Waals surface area contributed by atoms with Gasteiger partial charge in [-0.25, -0.2) is 0 Å². The Morgan fingerprint density at radius 3 is 3.00 bits per heavy atom. The van der Waals surface area contributed by atoms with Gasteiger partial charge in [0.05, 0.1) is 6.54 Å². The van der Waals surface area contributed by atoms with Gasteiger partial charge in [-0.15, -0.1) is 0 Å². The lowest BCUT2D eigenvalue weighted by atomic mass is 10.3. The molecule has 0 radical (unpaired) electrons. The van der Waals surface area contributed by atoms with Crippen LogP contribution in [-0.2, 0) is 4.79 Å². The highest BCUT2D eigenvalue weighted by Gasteiger charge is 2.13. The van der Waals surface area contributed by atoms with Crippen LogP contribution in [0.5, 0.6) is 0 Å². The van der Waals surface area contributed by atoms with Gasteiger partial charge in [-0.1, -0.05) is 11.6 Å². The van der Waals surface area contributed by atoms with E-state index in [1.165, 1.54) is 5.57 Å². The fourth-order valence-electron chi connectivity index (χ4n) is 1.16. The van der Waals surface area contributed by atoms with Crippen molar-refractivity contribution in [2.24, 2.45) is 0 Å². The zero-order valence-corrected chi connectivity index (χ0v) is 7.76. The number of amides is 1. The Balaban J connectivity index is 2.32. The van der Waals surface area contributed by atoms with Crippen molar-refractivity contribution in [1.29, 1.82) is 0 Å². The molecule has 1 saturated heterocycles. The molecule has 0 aromatic rings. The smallest absolute Gasteiger partial charge is 0.234 e. The van der Waals surface area contributed by atoms with Crippen molar-refractivity contribution in [3.8, 4) is 0 Å². The molecular weight excluding hydrogens is 152 g/mol. The van der Waals surface area contributed by atoms with E-state index in [0.717, 1.165) is 19.6 Å². The highest BCUT2D eigenvalue weighted by molar-refractivity contribution is 5.78. The summed E-state index contributed by atoms with van der Waals surface area (Å²) in [5.74, 6) is 0.142. The number of piperazine rings is 1. The lowest BCUT2D eigenvalue weighted by Gasteiger charge is -2.25. The first-order valence-electron chi connectivity index (χ1n) is 4.31. The van der Waals surface area contributed by atoms with E-state index in [-0.39, 0.29) is 5.91 Å². The summed E-state index contributed by atoms with van der Waals surface area (Å²) in [4.78, 5) is 13.1. The number of rotatable bonds is 2. The van der Waals surface area contributed by atoms with Gasteiger partial charge in [-0.05, 0) is 13.8 Å². The number of nitrogens with one attached hydrogen (secondary N) is 1. The topological polar surface area (TPSA) is 32.3 Å². The van der Waals surface area contributed by atoms with Crippen LogP contribution in [0.2, 0.25) is 0 Å². The summed E-state index contributed by atoms with van der Waals surface area (Å²) < 4.78 is 0. The fraction of sp³-hybridized carbons (Fsp3) is 0.667. The Morgan fingerprint density at radius 2 is 2.42 bits per heavy atom. The standard InChI is InChI=1S/C9H16N2O/c1-8(2)3-5-11-6-4-10-9(12)7-11/h3H,4-7H2,1-2H3,(H,10,12). The zero-order chi connectivity index (χ0) is 8.97. The molecule has 0 atom stereocenters. The van der Waals surface area contributed by atoms with Gasteiger partial charge in [-0.2, -0.15) is 0 Å². The Bertz CT molecular complexity index is 195. The number of hydrogen-bond acceptors (Lipinski definition) is 2. The number of carbonyl (C=O) groups excluding carboxylic acids is 1. The normalized spacial score (nSPS) is 18.7. The molecule has 0 unspecified atom stereocenters. The predicted molar refractivity (Wildman–Crippen MR) is 48.9 cm³/mol. The maximum atomic E-state index is 10.9. The number of nitrogens with zero attached hydrogens (tertiary/aromatic N) is 1. The van der Waals surface area contributed by atoms with Gasteiger partial charge >= 0.3 is 0 Å². The second-order valence-electron chi connectivity index (χ2n) is 3.37. The third kappa shape index (κ3) is 3.05. The van der Waals surface area contributed by atoms with Crippen LogP contribution in [0.15, 0.2) is 11.6 Å². The molecule has 1 N–H and O–H groups in total. The van der Waals surface area contributed by atoms with Gasteiger partial charge in [0.15, 0.2) is 0 Å². The summed E-state index contributed by atoms with van der Waals surface area (Å²) in [7, 11) is 0. The SMILES string of the molecule is CC(C)=CCN1CCNC(=O)C1. The molecule has 0 aliphatic carbocycles. The van der Waals surface area contributed by atoms with Gasteiger partial charge < -0.3 is 5.32 Å². The quantitative estimate of drug-likeness (QED) is 0.605. The van der Waals surface area contributed by atoms with Gasteiger partial charge in [0.2, 0.25) is 5.91 Å². The highest BCUT2D eigenvalue weighted by Crippen LogP contribution is 1.96. The third-order valence-electron chi connectivity index (χ3n) is 1.88. The third-order valence-corrected chi connectivity index (χ3v) is 1.88. The molecule has 12 heavy (non-hydrogen) atoms. The van der Waals surface area contributed by atoms with Crippen molar-refractivity contribution in [1.82, 2.24) is 10.2 Å². The second kappa shape index (κ2) is 4.26. The molecule has 3 heteroatoms. The molecular formula is C9H16N2O. The molecule has 1 aliphatic heterocycles. The first-order chi connectivity index (χ1) is 5.68. The van der Waals surface area contributed by atoms with Crippen molar-refractivity contribution >= 4 is 5.91 Å². The first-order valence-corrected chi connectivity index (χ1v) is 4.31. The van der Waals surface area contributed by atoms with Crippen molar-refractivity contribution in [3.05, 3.63) is 11.6 Å².